The zero-order valence-corrected chi connectivity index (χ0v) is 15.8. The van der Waals surface area contributed by atoms with Gasteiger partial charge in [0.2, 0.25) is 0 Å². The Balaban J connectivity index is 1.50. The van der Waals surface area contributed by atoms with Gasteiger partial charge in [-0.15, -0.1) is 11.8 Å². The topological polar surface area (TPSA) is 46.9 Å². The number of amides is 1. The van der Waals surface area contributed by atoms with E-state index in [1.807, 2.05) is 23.9 Å². The van der Waals surface area contributed by atoms with Crippen molar-refractivity contribution >= 4 is 17.7 Å². The van der Waals surface area contributed by atoms with E-state index in [4.69, 9.17) is 0 Å². The molecule has 0 saturated heterocycles. The van der Waals surface area contributed by atoms with Crippen LogP contribution in [-0.2, 0) is 19.2 Å². The molecule has 0 radical (unpaired) electrons. The molecule has 0 fully saturated rings. The van der Waals surface area contributed by atoms with Crippen LogP contribution >= 0.6 is 11.8 Å². The highest BCUT2D eigenvalue weighted by molar-refractivity contribution is 7.98. The van der Waals surface area contributed by atoms with Crippen LogP contribution in [0.3, 0.4) is 0 Å². The molecule has 1 aromatic heterocycles. The fourth-order valence-electron chi connectivity index (χ4n) is 3.32. The number of carbonyl (C=O) groups excluding carboxylic acids is 1. The lowest BCUT2D eigenvalue weighted by atomic mass is 10.1. The van der Waals surface area contributed by atoms with Crippen molar-refractivity contribution in [3.63, 3.8) is 0 Å². The van der Waals surface area contributed by atoms with Crippen LogP contribution in [0, 0.1) is 6.92 Å². The minimum absolute atomic E-state index is 0.0889. The lowest BCUT2D eigenvalue weighted by molar-refractivity contribution is 0.0948. The maximum atomic E-state index is 12.7. The van der Waals surface area contributed by atoms with Crippen molar-refractivity contribution in [2.45, 2.75) is 24.0 Å². The van der Waals surface area contributed by atoms with E-state index in [-0.39, 0.29) is 5.91 Å². The summed E-state index contributed by atoms with van der Waals surface area (Å²) in [5.41, 5.74) is 6.27. The highest BCUT2D eigenvalue weighted by Gasteiger charge is 2.27. The second kappa shape index (κ2) is 7.00. The molecule has 0 atom stereocenters. The van der Waals surface area contributed by atoms with Crippen LogP contribution in [0.1, 0.15) is 27.2 Å². The van der Waals surface area contributed by atoms with Gasteiger partial charge < -0.3 is 5.32 Å². The smallest absolute Gasteiger partial charge is 0.272 e. The standard InChI is InChI=1S/C21H21N3OS/c1-14-7-9-15(10-8-14)11-12-22-21(25)19-17-13-26-18-6-4-3-5-16(18)20(17)24(2)23-19/h3-10H,11-13H2,1-2H3,(H,22,25). The molecule has 2 heterocycles. The molecule has 0 aliphatic carbocycles. The van der Waals surface area contributed by atoms with Gasteiger partial charge in [-0.05, 0) is 25.0 Å². The third kappa shape index (κ3) is 3.15. The molecule has 5 heteroatoms. The molecule has 1 aliphatic heterocycles. The molecule has 4 rings (SSSR count). The van der Waals surface area contributed by atoms with Gasteiger partial charge in [0.15, 0.2) is 5.69 Å². The fourth-order valence-corrected chi connectivity index (χ4v) is 4.39. The molecule has 2 aromatic carbocycles. The lowest BCUT2D eigenvalue weighted by Gasteiger charge is -2.16. The number of thioether (sulfide) groups is 1. The van der Waals surface area contributed by atoms with E-state index in [0.29, 0.717) is 12.2 Å². The van der Waals surface area contributed by atoms with Crippen molar-refractivity contribution in [3.05, 3.63) is 70.9 Å². The van der Waals surface area contributed by atoms with Crippen molar-refractivity contribution in [1.29, 1.82) is 0 Å². The minimum Gasteiger partial charge on any atom is -0.350 e. The molecule has 132 valence electrons. The first-order valence-corrected chi connectivity index (χ1v) is 9.74. The number of aryl methyl sites for hydroxylation is 2. The Morgan fingerprint density at radius 1 is 1.19 bits per heavy atom. The number of nitrogens with one attached hydrogen (secondary N) is 1. The molecule has 3 aromatic rings. The molecule has 1 N–H and O–H groups in total. The minimum atomic E-state index is -0.0889. The van der Waals surface area contributed by atoms with Crippen LogP contribution in [0.15, 0.2) is 53.4 Å². The van der Waals surface area contributed by atoms with Crippen LogP contribution in [0.5, 0.6) is 0 Å². The first-order valence-electron chi connectivity index (χ1n) is 8.75. The van der Waals surface area contributed by atoms with Gasteiger partial charge in [0.1, 0.15) is 0 Å². The maximum Gasteiger partial charge on any atom is 0.272 e. The largest absolute Gasteiger partial charge is 0.350 e. The molecule has 0 unspecified atom stereocenters. The molecule has 0 saturated carbocycles. The van der Waals surface area contributed by atoms with Crippen LogP contribution in [0.4, 0.5) is 0 Å². The second-order valence-electron chi connectivity index (χ2n) is 6.58. The average Bonchev–Trinajstić information content (AvgIpc) is 3.00. The summed E-state index contributed by atoms with van der Waals surface area (Å²) < 4.78 is 1.84. The summed E-state index contributed by atoms with van der Waals surface area (Å²) in [5.74, 6) is 0.690. The normalized spacial score (nSPS) is 12.4. The summed E-state index contributed by atoms with van der Waals surface area (Å²) in [4.78, 5) is 13.9. The fraction of sp³-hybridized carbons (Fsp3) is 0.238. The Kier molecular flexibility index (Phi) is 4.55. The van der Waals surface area contributed by atoms with Gasteiger partial charge in [-0.3, -0.25) is 9.48 Å². The molecule has 4 nitrogen and oxygen atoms in total. The zero-order chi connectivity index (χ0) is 18.1. The highest BCUT2D eigenvalue weighted by Crippen LogP contribution is 2.42. The summed E-state index contributed by atoms with van der Waals surface area (Å²) in [6.45, 7) is 2.68. The van der Waals surface area contributed by atoms with E-state index < -0.39 is 0 Å². The first kappa shape index (κ1) is 16.9. The van der Waals surface area contributed by atoms with Crippen LogP contribution < -0.4 is 5.32 Å². The molecule has 1 aliphatic rings. The van der Waals surface area contributed by atoms with Crippen molar-refractivity contribution in [3.8, 4) is 11.3 Å². The van der Waals surface area contributed by atoms with E-state index in [1.54, 1.807) is 11.8 Å². The van der Waals surface area contributed by atoms with Gasteiger partial charge >= 0.3 is 0 Å². The van der Waals surface area contributed by atoms with E-state index in [1.165, 1.54) is 16.0 Å². The van der Waals surface area contributed by atoms with Crippen molar-refractivity contribution in [2.24, 2.45) is 7.05 Å². The van der Waals surface area contributed by atoms with Gasteiger partial charge in [0, 0.05) is 35.4 Å². The first-order chi connectivity index (χ1) is 12.6. The van der Waals surface area contributed by atoms with Crippen LogP contribution in [0.25, 0.3) is 11.3 Å². The van der Waals surface area contributed by atoms with Gasteiger partial charge in [-0.2, -0.15) is 5.10 Å². The van der Waals surface area contributed by atoms with Crippen molar-refractivity contribution in [1.82, 2.24) is 15.1 Å². The number of benzene rings is 2. The Morgan fingerprint density at radius 3 is 2.77 bits per heavy atom. The average molecular weight is 363 g/mol. The summed E-state index contributed by atoms with van der Waals surface area (Å²) in [7, 11) is 1.91. The molecular formula is C21H21N3OS. The summed E-state index contributed by atoms with van der Waals surface area (Å²) in [5, 5.41) is 7.55. The maximum absolute atomic E-state index is 12.7. The quantitative estimate of drug-likeness (QED) is 0.763. The number of rotatable bonds is 4. The number of hydrogen-bond acceptors (Lipinski definition) is 3. The molecule has 26 heavy (non-hydrogen) atoms. The summed E-state index contributed by atoms with van der Waals surface area (Å²) in [6.07, 6.45) is 0.818. The lowest BCUT2D eigenvalue weighted by Crippen LogP contribution is -2.27. The van der Waals surface area contributed by atoms with Gasteiger partial charge in [-0.25, -0.2) is 0 Å². The van der Waals surface area contributed by atoms with Gasteiger partial charge in [0.05, 0.1) is 5.69 Å². The Hall–Kier alpha value is -2.53. The number of nitrogens with zero attached hydrogens (tertiary/aromatic N) is 2. The Bertz CT molecular complexity index is 960. The zero-order valence-electron chi connectivity index (χ0n) is 15.0. The predicted molar refractivity (Wildman–Crippen MR) is 105 cm³/mol. The number of carbonyl (C=O) groups is 1. The molecule has 0 bridgehead atoms. The SMILES string of the molecule is Cc1ccc(CCNC(=O)c2nn(C)c3c2CSc2ccccc2-3)cc1. The van der Waals surface area contributed by atoms with Gasteiger partial charge in [-0.1, -0.05) is 48.0 Å². The van der Waals surface area contributed by atoms with E-state index in [2.05, 4.69) is 53.7 Å². The number of hydrogen-bond donors (Lipinski definition) is 1. The van der Waals surface area contributed by atoms with Crippen molar-refractivity contribution in [2.75, 3.05) is 6.54 Å². The van der Waals surface area contributed by atoms with E-state index in [0.717, 1.165) is 29.0 Å². The molecule has 1 amide bonds. The molecule has 0 spiro atoms. The third-order valence-corrected chi connectivity index (χ3v) is 5.79. The molecular weight excluding hydrogens is 342 g/mol. The van der Waals surface area contributed by atoms with Crippen LogP contribution in [0.2, 0.25) is 0 Å². The van der Waals surface area contributed by atoms with E-state index >= 15 is 0 Å². The summed E-state index contributed by atoms with van der Waals surface area (Å²) in [6, 6.07) is 16.7. The predicted octanol–water partition coefficient (Wildman–Crippen LogP) is 3.97. The number of fused-ring (bicyclic) bond motifs is 3. The summed E-state index contributed by atoms with van der Waals surface area (Å²) >= 11 is 1.77. The highest BCUT2D eigenvalue weighted by atomic mass is 32.2. The number of aromatic nitrogens is 2. The van der Waals surface area contributed by atoms with Crippen LogP contribution in [-0.4, -0.2) is 22.2 Å². The second-order valence-corrected chi connectivity index (χ2v) is 7.59. The Labute approximate surface area is 157 Å². The monoisotopic (exact) mass is 363 g/mol. The Morgan fingerprint density at radius 2 is 1.96 bits per heavy atom. The van der Waals surface area contributed by atoms with Gasteiger partial charge in [0.25, 0.3) is 5.91 Å². The third-order valence-electron chi connectivity index (χ3n) is 4.69. The van der Waals surface area contributed by atoms with E-state index in [9.17, 15) is 4.79 Å². The van der Waals surface area contributed by atoms with Crippen molar-refractivity contribution < 1.29 is 4.79 Å².